The number of nitrogens with zero attached hydrogens (tertiary/aromatic N) is 1. The molecule has 0 saturated heterocycles. The largest absolute Gasteiger partial charge is 0.491 e. The number of anilines is 3. The van der Waals surface area contributed by atoms with Crippen molar-refractivity contribution in [3.63, 3.8) is 0 Å². The van der Waals surface area contributed by atoms with Crippen LogP contribution < -0.4 is 9.64 Å². The average Bonchev–Trinajstić information content (AvgIpc) is 2.89. The number of para-hydroxylation sites is 2. The molecule has 0 radical (unpaired) electrons. The highest BCUT2D eigenvalue weighted by Gasteiger charge is 2.13. The van der Waals surface area contributed by atoms with E-state index in [4.69, 9.17) is 9.47 Å². The Bertz CT molecular complexity index is 1170. The number of benzene rings is 4. The van der Waals surface area contributed by atoms with Crippen LogP contribution in [0.2, 0.25) is 0 Å². The SMILES string of the molecule is C=C(C)C(O)OC(C)COc1ccc(-c2ccc(N(c3ccccc3)c3ccccc3)cc2)cc1. The first-order valence-corrected chi connectivity index (χ1v) is 11.7. The topological polar surface area (TPSA) is 41.9 Å². The molecule has 35 heavy (non-hydrogen) atoms. The molecule has 0 bridgehead atoms. The minimum atomic E-state index is -0.973. The third kappa shape index (κ3) is 6.38. The van der Waals surface area contributed by atoms with Crippen LogP contribution in [0.4, 0.5) is 17.1 Å². The van der Waals surface area contributed by atoms with Gasteiger partial charge in [-0.25, -0.2) is 0 Å². The lowest BCUT2D eigenvalue weighted by molar-refractivity contribution is -0.115. The van der Waals surface area contributed by atoms with Gasteiger partial charge in [0.15, 0.2) is 6.29 Å². The Morgan fingerprint density at radius 1 is 0.743 bits per heavy atom. The molecular formula is C31H31NO3. The van der Waals surface area contributed by atoms with Crippen LogP contribution in [0, 0.1) is 0 Å². The molecule has 4 rings (SSSR count). The molecule has 0 heterocycles. The number of hydrogen-bond acceptors (Lipinski definition) is 4. The molecule has 0 fully saturated rings. The summed E-state index contributed by atoms with van der Waals surface area (Å²) < 4.78 is 11.3. The quantitative estimate of drug-likeness (QED) is 0.194. The number of aliphatic hydroxyl groups is 1. The van der Waals surface area contributed by atoms with E-state index in [-0.39, 0.29) is 6.10 Å². The van der Waals surface area contributed by atoms with Gasteiger partial charge >= 0.3 is 0 Å². The summed E-state index contributed by atoms with van der Waals surface area (Å²) >= 11 is 0. The first-order valence-electron chi connectivity index (χ1n) is 11.7. The van der Waals surface area contributed by atoms with Gasteiger partial charge in [-0.1, -0.05) is 67.2 Å². The van der Waals surface area contributed by atoms with Crippen LogP contribution in [-0.4, -0.2) is 24.1 Å². The minimum absolute atomic E-state index is 0.258. The van der Waals surface area contributed by atoms with Crippen molar-refractivity contribution in [3.8, 4) is 16.9 Å². The zero-order valence-corrected chi connectivity index (χ0v) is 20.2. The molecule has 0 aliphatic heterocycles. The van der Waals surface area contributed by atoms with Gasteiger partial charge in [0.2, 0.25) is 0 Å². The van der Waals surface area contributed by atoms with Gasteiger partial charge in [0, 0.05) is 17.1 Å². The average molecular weight is 466 g/mol. The molecule has 0 aliphatic rings. The number of ether oxygens (including phenoxy) is 2. The van der Waals surface area contributed by atoms with Gasteiger partial charge < -0.3 is 19.5 Å². The standard InChI is InChI=1S/C31H31NO3/c1-23(2)31(33)35-24(3)22-34-30-20-16-26(17-21-30)25-14-18-29(19-15-25)32(27-10-6-4-7-11-27)28-12-8-5-9-13-28/h4-21,24,31,33H,1,22H2,2-3H3. The first kappa shape index (κ1) is 24.3. The molecule has 4 aromatic rings. The van der Waals surface area contributed by atoms with E-state index in [9.17, 15) is 5.11 Å². The maximum atomic E-state index is 9.76. The van der Waals surface area contributed by atoms with E-state index in [1.54, 1.807) is 6.92 Å². The highest BCUT2D eigenvalue weighted by molar-refractivity contribution is 5.78. The van der Waals surface area contributed by atoms with Crippen molar-refractivity contribution in [1.29, 1.82) is 0 Å². The van der Waals surface area contributed by atoms with Crippen LogP contribution in [0.1, 0.15) is 13.8 Å². The summed E-state index contributed by atoms with van der Waals surface area (Å²) in [6.07, 6.45) is -1.23. The van der Waals surface area contributed by atoms with E-state index in [0.717, 1.165) is 33.9 Å². The Morgan fingerprint density at radius 2 is 1.20 bits per heavy atom. The number of hydrogen-bond donors (Lipinski definition) is 1. The second kappa shape index (κ2) is 11.5. The summed E-state index contributed by atoms with van der Waals surface area (Å²) in [4.78, 5) is 2.24. The van der Waals surface area contributed by atoms with E-state index in [1.165, 1.54) is 0 Å². The Balaban J connectivity index is 1.46. The van der Waals surface area contributed by atoms with Gasteiger partial charge in [-0.2, -0.15) is 0 Å². The van der Waals surface area contributed by atoms with Gasteiger partial charge in [-0.05, 0) is 79.1 Å². The molecule has 0 aliphatic carbocycles. The van der Waals surface area contributed by atoms with Crippen LogP contribution in [-0.2, 0) is 4.74 Å². The van der Waals surface area contributed by atoms with Gasteiger partial charge in [0.05, 0.1) is 6.10 Å². The summed E-state index contributed by atoms with van der Waals surface area (Å²) in [5.74, 6) is 0.755. The third-order valence-corrected chi connectivity index (χ3v) is 5.61. The fraction of sp³-hybridized carbons (Fsp3) is 0.161. The summed E-state index contributed by atoms with van der Waals surface area (Å²) in [5.41, 5.74) is 6.13. The molecule has 4 aromatic carbocycles. The highest BCUT2D eigenvalue weighted by atomic mass is 16.6. The van der Waals surface area contributed by atoms with E-state index < -0.39 is 6.29 Å². The fourth-order valence-corrected chi connectivity index (χ4v) is 3.74. The summed E-state index contributed by atoms with van der Waals surface area (Å²) in [6.45, 7) is 7.62. The zero-order chi connectivity index (χ0) is 24.6. The van der Waals surface area contributed by atoms with Crippen molar-refractivity contribution in [2.24, 2.45) is 0 Å². The third-order valence-electron chi connectivity index (χ3n) is 5.61. The fourth-order valence-electron chi connectivity index (χ4n) is 3.74. The minimum Gasteiger partial charge on any atom is -0.491 e. The summed E-state index contributed by atoms with van der Waals surface area (Å²) in [5, 5.41) is 9.76. The molecule has 1 N–H and O–H groups in total. The second-order valence-corrected chi connectivity index (χ2v) is 8.53. The van der Waals surface area contributed by atoms with E-state index in [0.29, 0.717) is 12.2 Å². The van der Waals surface area contributed by atoms with Crippen LogP contribution in [0.15, 0.2) is 121 Å². The molecule has 2 atom stereocenters. The maximum Gasteiger partial charge on any atom is 0.177 e. The smallest absolute Gasteiger partial charge is 0.177 e. The second-order valence-electron chi connectivity index (χ2n) is 8.53. The zero-order valence-electron chi connectivity index (χ0n) is 20.2. The Hall–Kier alpha value is -3.86. The molecule has 0 aromatic heterocycles. The van der Waals surface area contributed by atoms with Crippen molar-refractivity contribution < 1.29 is 14.6 Å². The maximum absolute atomic E-state index is 9.76. The monoisotopic (exact) mass is 465 g/mol. The van der Waals surface area contributed by atoms with Gasteiger partial charge in [0.25, 0.3) is 0 Å². The highest BCUT2D eigenvalue weighted by Crippen LogP contribution is 2.35. The lowest BCUT2D eigenvalue weighted by Gasteiger charge is -2.25. The van der Waals surface area contributed by atoms with E-state index >= 15 is 0 Å². The number of aliphatic hydroxyl groups excluding tert-OH is 1. The molecule has 0 spiro atoms. The Labute approximate surface area is 207 Å². The predicted molar refractivity (Wildman–Crippen MR) is 143 cm³/mol. The number of rotatable bonds is 10. The van der Waals surface area contributed by atoms with E-state index in [2.05, 4.69) is 84.3 Å². The lowest BCUT2D eigenvalue weighted by Crippen LogP contribution is -2.25. The van der Waals surface area contributed by atoms with Crippen molar-refractivity contribution in [2.75, 3.05) is 11.5 Å². The van der Waals surface area contributed by atoms with Gasteiger partial charge in [0.1, 0.15) is 12.4 Å². The van der Waals surface area contributed by atoms with Crippen molar-refractivity contribution >= 4 is 17.1 Å². The normalized spacial score (nSPS) is 12.5. The molecule has 178 valence electrons. The summed E-state index contributed by atoms with van der Waals surface area (Å²) in [7, 11) is 0. The van der Waals surface area contributed by atoms with Crippen LogP contribution in [0.25, 0.3) is 11.1 Å². The molecule has 4 heteroatoms. The van der Waals surface area contributed by atoms with Crippen LogP contribution >= 0.6 is 0 Å². The Kier molecular flexibility index (Phi) is 7.99. The van der Waals surface area contributed by atoms with Gasteiger partial charge in [-0.15, -0.1) is 0 Å². The molecule has 4 nitrogen and oxygen atoms in total. The molecular weight excluding hydrogens is 434 g/mol. The predicted octanol–water partition coefficient (Wildman–Crippen LogP) is 7.50. The molecule has 0 amide bonds. The molecule has 0 saturated carbocycles. The lowest BCUT2D eigenvalue weighted by atomic mass is 10.0. The van der Waals surface area contributed by atoms with Crippen molar-refractivity contribution in [1.82, 2.24) is 0 Å². The van der Waals surface area contributed by atoms with Gasteiger partial charge in [-0.3, -0.25) is 0 Å². The first-order chi connectivity index (χ1) is 17.0. The summed E-state index contributed by atoms with van der Waals surface area (Å²) in [6, 6.07) is 37.3. The Morgan fingerprint density at radius 3 is 1.69 bits per heavy atom. The van der Waals surface area contributed by atoms with E-state index in [1.807, 2.05) is 43.3 Å². The van der Waals surface area contributed by atoms with Crippen LogP contribution in [0.3, 0.4) is 0 Å². The van der Waals surface area contributed by atoms with Crippen LogP contribution in [0.5, 0.6) is 5.75 Å². The van der Waals surface area contributed by atoms with Crippen molar-refractivity contribution in [2.45, 2.75) is 26.2 Å². The van der Waals surface area contributed by atoms with Crippen molar-refractivity contribution in [3.05, 3.63) is 121 Å². The molecule has 2 unspecified atom stereocenters.